The lowest BCUT2D eigenvalue weighted by Crippen LogP contribution is -2.45. The number of allylic oxidation sites excluding steroid dienone is 2. The molecule has 1 atom stereocenters. The summed E-state index contributed by atoms with van der Waals surface area (Å²) in [5, 5.41) is 3.61. The van der Waals surface area contributed by atoms with Gasteiger partial charge < -0.3 is 10.2 Å². The van der Waals surface area contributed by atoms with Gasteiger partial charge in [0.2, 0.25) is 0 Å². The maximum atomic E-state index is 4.42. The normalized spacial score (nSPS) is 24.5. The Morgan fingerprint density at radius 3 is 2.14 bits per heavy atom. The highest BCUT2D eigenvalue weighted by Crippen LogP contribution is 2.46. The molecule has 1 aliphatic rings. The van der Waals surface area contributed by atoms with Gasteiger partial charge in [-0.05, 0) is 29.2 Å². The van der Waals surface area contributed by atoms with Crippen LogP contribution in [0.1, 0.15) is 61.3 Å². The Morgan fingerprint density at radius 2 is 1.68 bits per heavy atom. The fourth-order valence-electron chi connectivity index (χ4n) is 3.39. The van der Waals surface area contributed by atoms with E-state index >= 15 is 0 Å². The molecule has 0 aromatic rings. The molecule has 0 spiro atoms. The lowest BCUT2D eigenvalue weighted by molar-refractivity contribution is 0.242. The Labute approximate surface area is 138 Å². The van der Waals surface area contributed by atoms with E-state index < -0.39 is 0 Å². The topological polar surface area (TPSA) is 15.3 Å². The van der Waals surface area contributed by atoms with Gasteiger partial charge >= 0.3 is 0 Å². The summed E-state index contributed by atoms with van der Waals surface area (Å²) in [5.74, 6) is 0. The maximum absolute atomic E-state index is 4.42. The van der Waals surface area contributed by atoms with Gasteiger partial charge in [-0.15, -0.1) is 0 Å². The number of likely N-dealkylation sites (N-methyl/N-ethyl adjacent to an activating group) is 1. The van der Waals surface area contributed by atoms with Gasteiger partial charge in [-0.2, -0.15) is 0 Å². The number of rotatable bonds is 3. The number of hydrogen-bond acceptors (Lipinski definition) is 2. The molecule has 2 nitrogen and oxygen atoms in total. The van der Waals surface area contributed by atoms with Crippen LogP contribution >= 0.6 is 0 Å². The third-order valence-electron chi connectivity index (χ3n) is 4.83. The van der Waals surface area contributed by atoms with E-state index in [-0.39, 0.29) is 22.4 Å². The van der Waals surface area contributed by atoms with Gasteiger partial charge in [-0.1, -0.05) is 68.2 Å². The SMILES string of the molecule is C=C(CC(C)(C)C)N(C)C1NC(=C)C(C)(C)CC(C)(C)C1=C. The molecule has 1 fully saturated rings. The lowest BCUT2D eigenvalue weighted by Gasteiger charge is -2.39. The average molecular weight is 305 g/mol. The zero-order chi connectivity index (χ0) is 17.5. The van der Waals surface area contributed by atoms with Crippen molar-refractivity contribution in [3.05, 3.63) is 36.7 Å². The zero-order valence-corrected chi connectivity index (χ0v) is 16.1. The summed E-state index contributed by atoms with van der Waals surface area (Å²) in [6, 6.07) is 0. The molecule has 1 rings (SSSR count). The predicted octanol–water partition coefficient (Wildman–Crippen LogP) is 5.31. The van der Waals surface area contributed by atoms with Gasteiger partial charge in [0.25, 0.3) is 0 Å². The van der Waals surface area contributed by atoms with Crippen LogP contribution in [0.15, 0.2) is 36.7 Å². The fourth-order valence-corrected chi connectivity index (χ4v) is 3.39. The molecule has 1 saturated heterocycles. The molecule has 1 heterocycles. The van der Waals surface area contributed by atoms with E-state index in [1.165, 1.54) is 5.57 Å². The van der Waals surface area contributed by atoms with E-state index in [0.29, 0.717) is 0 Å². The summed E-state index contributed by atoms with van der Waals surface area (Å²) in [6.45, 7) is 28.8. The molecule has 0 aromatic heterocycles. The van der Waals surface area contributed by atoms with E-state index in [9.17, 15) is 0 Å². The van der Waals surface area contributed by atoms with Crippen LogP contribution < -0.4 is 5.32 Å². The fraction of sp³-hybridized carbons (Fsp3) is 0.700. The highest BCUT2D eigenvalue weighted by Gasteiger charge is 2.41. The summed E-state index contributed by atoms with van der Waals surface area (Å²) in [5.41, 5.74) is 3.75. The summed E-state index contributed by atoms with van der Waals surface area (Å²) >= 11 is 0. The Kier molecular flexibility index (Phi) is 4.97. The lowest BCUT2D eigenvalue weighted by atomic mass is 9.71. The summed E-state index contributed by atoms with van der Waals surface area (Å²) < 4.78 is 0. The minimum absolute atomic E-state index is 0.0490. The van der Waals surface area contributed by atoms with Crippen LogP contribution in [-0.2, 0) is 0 Å². The Bertz CT molecular complexity index is 474. The van der Waals surface area contributed by atoms with E-state index in [1.807, 2.05) is 0 Å². The van der Waals surface area contributed by atoms with Crippen molar-refractivity contribution in [1.82, 2.24) is 10.2 Å². The Morgan fingerprint density at radius 1 is 1.18 bits per heavy atom. The van der Waals surface area contributed by atoms with Crippen LogP contribution in [0.5, 0.6) is 0 Å². The van der Waals surface area contributed by atoms with Gasteiger partial charge in [0.1, 0.15) is 6.17 Å². The molecule has 22 heavy (non-hydrogen) atoms. The summed E-state index contributed by atoms with van der Waals surface area (Å²) in [6.07, 6.45) is 2.06. The second kappa shape index (κ2) is 5.79. The van der Waals surface area contributed by atoms with Crippen molar-refractivity contribution in [3.8, 4) is 0 Å². The summed E-state index contributed by atoms with van der Waals surface area (Å²) in [7, 11) is 2.11. The van der Waals surface area contributed by atoms with E-state index in [1.54, 1.807) is 0 Å². The second-order valence-electron chi connectivity index (χ2n) is 9.41. The Hall–Kier alpha value is -1.18. The minimum atomic E-state index is 0.0490. The van der Waals surface area contributed by atoms with Gasteiger partial charge in [0, 0.05) is 23.9 Å². The van der Waals surface area contributed by atoms with Crippen LogP contribution in [0.25, 0.3) is 0 Å². The van der Waals surface area contributed by atoms with Gasteiger partial charge in [0.15, 0.2) is 0 Å². The molecule has 0 saturated carbocycles. The van der Waals surface area contributed by atoms with Crippen LogP contribution in [0, 0.1) is 16.2 Å². The van der Waals surface area contributed by atoms with Crippen molar-refractivity contribution in [1.29, 1.82) is 0 Å². The van der Waals surface area contributed by atoms with E-state index in [2.05, 4.69) is 85.5 Å². The third kappa shape index (κ3) is 4.18. The monoisotopic (exact) mass is 304 g/mol. The average Bonchev–Trinajstić information content (AvgIpc) is 2.34. The second-order valence-corrected chi connectivity index (χ2v) is 9.41. The van der Waals surface area contributed by atoms with E-state index in [4.69, 9.17) is 0 Å². The van der Waals surface area contributed by atoms with Crippen molar-refractivity contribution in [3.63, 3.8) is 0 Å². The number of nitrogens with one attached hydrogen (secondary N) is 1. The summed E-state index contributed by atoms with van der Waals surface area (Å²) in [4.78, 5) is 2.24. The van der Waals surface area contributed by atoms with Crippen molar-refractivity contribution in [2.75, 3.05) is 7.05 Å². The van der Waals surface area contributed by atoms with Gasteiger partial charge in [-0.25, -0.2) is 0 Å². The first-order valence-electron chi connectivity index (χ1n) is 8.23. The molecule has 0 aromatic carbocycles. The predicted molar refractivity (Wildman–Crippen MR) is 98.4 cm³/mol. The molecule has 0 aliphatic carbocycles. The molecule has 1 N–H and O–H groups in total. The van der Waals surface area contributed by atoms with Crippen LogP contribution in [-0.4, -0.2) is 18.1 Å². The largest absolute Gasteiger partial charge is 0.365 e. The molecular weight excluding hydrogens is 268 g/mol. The van der Waals surface area contributed by atoms with Crippen molar-refractivity contribution in [2.24, 2.45) is 16.2 Å². The first-order valence-corrected chi connectivity index (χ1v) is 8.23. The molecule has 0 radical (unpaired) electrons. The van der Waals surface area contributed by atoms with Crippen LogP contribution in [0.3, 0.4) is 0 Å². The molecule has 1 unspecified atom stereocenters. The third-order valence-corrected chi connectivity index (χ3v) is 4.83. The highest BCUT2D eigenvalue weighted by atomic mass is 15.3. The quantitative estimate of drug-likeness (QED) is 0.711. The van der Waals surface area contributed by atoms with Gasteiger partial charge in [0.05, 0.1) is 0 Å². The van der Waals surface area contributed by atoms with Crippen molar-refractivity contribution >= 4 is 0 Å². The first kappa shape index (κ1) is 18.9. The maximum Gasteiger partial charge on any atom is 0.121 e. The molecule has 0 amide bonds. The Balaban J connectivity index is 3.09. The molecule has 126 valence electrons. The zero-order valence-electron chi connectivity index (χ0n) is 16.1. The molecular formula is C20H36N2. The van der Waals surface area contributed by atoms with Gasteiger partial charge in [-0.3, -0.25) is 0 Å². The standard InChI is InChI=1S/C20H36N2/c1-14(12-18(4,5)6)22(11)17-15(2)19(7,8)13-20(9,10)16(3)21-17/h17,21H,1-3,12-13H2,4-11H3. The van der Waals surface area contributed by atoms with Crippen LogP contribution in [0.4, 0.5) is 0 Å². The number of nitrogens with zero attached hydrogens (tertiary/aromatic N) is 1. The molecule has 2 heteroatoms. The molecule has 1 aliphatic heterocycles. The smallest absolute Gasteiger partial charge is 0.121 e. The van der Waals surface area contributed by atoms with Crippen LogP contribution in [0.2, 0.25) is 0 Å². The number of hydrogen-bond donors (Lipinski definition) is 1. The minimum Gasteiger partial charge on any atom is -0.365 e. The highest BCUT2D eigenvalue weighted by molar-refractivity contribution is 5.25. The van der Waals surface area contributed by atoms with Crippen molar-refractivity contribution in [2.45, 2.75) is 67.5 Å². The van der Waals surface area contributed by atoms with E-state index in [0.717, 1.165) is 24.2 Å². The van der Waals surface area contributed by atoms with Crippen molar-refractivity contribution < 1.29 is 0 Å². The molecule has 0 bridgehead atoms. The first-order chi connectivity index (χ1) is 9.67.